The molecule has 22 heteroatoms. The van der Waals surface area contributed by atoms with Crippen molar-refractivity contribution in [1.82, 2.24) is 29.1 Å². The van der Waals surface area contributed by atoms with Crippen LogP contribution in [0.15, 0.2) is 37.2 Å². The van der Waals surface area contributed by atoms with Crippen molar-refractivity contribution in [3.63, 3.8) is 0 Å². The average molecular weight is 707 g/mol. The third-order valence-corrected chi connectivity index (χ3v) is 10.4. The van der Waals surface area contributed by atoms with E-state index in [0.717, 1.165) is 0 Å². The third-order valence-electron chi connectivity index (χ3n) is 7.13. The lowest BCUT2D eigenvalue weighted by molar-refractivity contribution is -0.106. The lowest BCUT2D eigenvalue weighted by Crippen LogP contribution is -2.40. The lowest BCUT2D eigenvalue weighted by Gasteiger charge is -2.32. The largest absolute Gasteiger partial charge is 0.390 e. The van der Waals surface area contributed by atoms with Crippen LogP contribution in [-0.4, -0.2) is 96.0 Å². The van der Waals surface area contributed by atoms with Gasteiger partial charge in [0.1, 0.15) is 60.1 Å². The molecule has 45 heavy (non-hydrogen) atoms. The Morgan fingerprint density at radius 3 is 2.42 bits per heavy atom. The smallest absolute Gasteiger partial charge is 0.386 e. The number of fused-ring (bicyclic) bond motifs is 2. The molecule has 246 valence electrons. The zero-order chi connectivity index (χ0) is 32.5. The van der Waals surface area contributed by atoms with Crippen LogP contribution >= 0.6 is 25.8 Å². The SMILES string of the molecule is CO[C@H](COP(O)(=S)OC)[C@@H](OP(=O)(S)OC[C@H]1O[C@@H](n2ccc3c(N)ncnc32)C[C@@H]1O)[C@@H](O)n1ccc2c(N)ncnc21. The predicted octanol–water partition coefficient (Wildman–Crippen LogP) is 1.51. The van der Waals surface area contributed by atoms with Crippen molar-refractivity contribution < 1.29 is 47.2 Å². The van der Waals surface area contributed by atoms with Crippen molar-refractivity contribution >= 4 is 71.3 Å². The molecule has 4 aromatic heterocycles. The number of ether oxygens (including phenoxy) is 2. The summed E-state index contributed by atoms with van der Waals surface area (Å²) in [6.45, 7) is -8.84. The van der Waals surface area contributed by atoms with Crippen LogP contribution in [0.25, 0.3) is 22.1 Å². The second-order valence-corrected chi connectivity index (χ2v) is 15.7. The molecule has 7 N–H and O–H groups in total. The van der Waals surface area contributed by atoms with Gasteiger partial charge in [-0.2, -0.15) is 0 Å². The van der Waals surface area contributed by atoms with Crippen LogP contribution < -0.4 is 11.5 Å². The molecule has 8 atom stereocenters. The highest BCUT2D eigenvalue weighted by atomic mass is 32.7. The summed E-state index contributed by atoms with van der Waals surface area (Å²) in [5.41, 5.74) is 12.6. The maximum atomic E-state index is 13.6. The van der Waals surface area contributed by atoms with E-state index in [4.69, 9.17) is 50.8 Å². The molecule has 18 nitrogen and oxygen atoms in total. The monoisotopic (exact) mass is 706 g/mol. The van der Waals surface area contributed by atoms with Crippen molar-refractivity contribution in [3.8, 4) is 0 Å². The van der Waals surface area contributed by atoms with Gasteiger partial charge in [-0.25, -0.2) is 24.5 Å². The fraction of sp³-hybridized carbons (Fsp3) is 0.478. The van der Waals surface area contributed by atoms with Crippen LogP contribution in [0, 0.1) is 0 Å². The van der Waals surface area contributed by atoms with Crippen molar-refractivity contribution in [1.29, 1.82) is 0 Å². The van der Waals surface area contributed by atoms with E-state index in [1.54, 1.807) is 22.9 Å². The average Bonchev–Trinajstić information content (AvgIpc) is 3.73. The molecule has 0 saturated carbocycles. The number of aromatic nitrogens is 6. The van der Waals surface area contributed by atoms with E-state index in [9.17, 15) is 19.7 Å². The summed E-state index contributed by atoms with van der Waals surface area (Å²) < 4.78 is 49.4. The van der Waals surface area contributed by atoms with Gasteiger partial charge in [0, 0.05) is 33.0 Å². The third kappa shape index (κ3) is 7.49. The minimum absolute atomic E-state index is 0.163. The van der Waals surface area contributed by atoms with Gasteiger partial charge in [0.05, 0.1) is 30.1 Å². The molecule has 1 aliphatic rings. The molecule has 2 unspecified atom stereocenters. The summed E-state index contributed by atoms with van der Waals surface area (Å²) in [5.74, 6) is 0.462. The van der Waals surface area contributed by atoms with Gasteiger partial charge < -0.3 is 54.2 Å². The number of rotatable bonds is 14. The van der Waals surface area contributed by atoms with Crippen molar-refractivity contribution in [2.45, 2.75) is 43.3 Å². The van der Waals surface area contributed by atoms with E-state index in [-0.39, 0.29) is 17.9 Å². The van der Waals surface area contributed by atoms with Gasteiger partial charge in [0.25, 0.3) is 0 Å². The van der Waals surface area contributed by atoms with E-state index in [2.05, 4.69) is 32.2 Å². The van der Waals surface area contributed by atoms with Crippen LogP contribution in [-0.2, 0) is 43.9 Å². The van der Waals surface area contributed by atoms with E-state index >= 15 is 0 Å². The summed E-state index contributed by atoms with van der Waals surface area (Å²) in [7, 11) is 2.44. The van der Waals surface area contributed by atoms with E-state index < -0.39 is 63.6 Å². The topological polar surface area (TPSA) is 247 Å². The van der Waals surface area contributed by atoms with Crippen LogP contribution in [0.3, 0.4) is 0 Å². The van der Waals surface area contributed by atoms with Crippen molar-refractivity contribution in [2.24, 2.45) is 0 Å². The molecule has 0 aliphatic carbocycles. The first-order chi connectivity index (χ1) is 21.3. The van der Waals surface area contributed by atoms with Crippen LogP contribution in [0.5, 0.6) is 0 Å². The molecular formula is C23H32N8O10P2S2. The Bertz CT molecular complexity index is 1750. The number of hydrogen-bond acceptors (Lipinski definition) is 16. The Morgan fingerprint density at radius 2 is 1.76 bits per heavy atom. The minimum atomic E-state index is -4.33. The number of thiol groups is 1. The first-order valence-electron chi connectivity index (χ1n) is 13.2. The molecule has 1 aliphatic heterocycles. The van der Waals surface area contributed by atoms with E-state index in [0.29, 0.717) is 22.2 Å². The minimum Gasteiger partial charge on any atom is -0.390 e. The molecule has 1 fully saturated rings. The number of nitrogens with two attached hydrogens (primary N) is 2. The molecule has 4 aromatic rings. The number of anilines is 2. The fourth-order valence-electron chi connectivity index (χ4n) is 4.80. The fourth-order valence-corrected chi connectivity index (χ4v) is 6.90. The van der Waals surface area contributed by atoms with Crippen LogP contribution in [0.1, 0.15) is 18.9 Å². The zero-order valence-electron chi connectivity index (χ0n) is 23.8. The summed E-state index contributed by atoms with van der Waals surface area (Å²) in [6.07, 6.45) is -1.07. The highest BCUT2D eigenvalue weighted by molar-refractivity contribution is 8.44. The van der Waals surface area contributed by atoms with Gasteiger partial charge >= 0.3 is 13.5 Å². The van der Waals surface area contributed by atoms with Gasteiger partial charge in [0.15, 0.2) is 6.23 Å². The van der Waals surface area contributed by atoms with E-state index in [1.165, 1.54) is 37.6 Å². The Morgan fingerprint density at radius 1 is 1.11 bits per heavy atom. The normalized spacial score (nSPS) is 23.6. The molecule has 0 bridgehead atoms. The van der Waals surface area contributed by atoms with Gasteiger partial charge in [0.2, 0.25) is 0 Å². The lowest BCUT2D eigenvalue weighted by atomic mass is 10.2. The molecule has 0 aromatic carbocycles. The Labute approximate surface area is 266 Å². The van der Waals surface area contributed by atoms with Crippen LogP contribution in [0.2, 0.25) is 0 Å². The maximum absolute atomic E-state index is 13.6. The maximum Gasteiger partial charge on any atom is 0.386 e. The van der Waals surface area contributed by atoms with Crippen molar-refractivity contribution in [3.05, 3.63) is 37.2 Å². The molecule has 0 radical (unpaired) electrons. The second kappa shape index (κ2) is 13.8. The number of methoxy groups -OCH3 is 1. The quantitative estimate of drug-likeness (QED) is 0.0803. The number of aliphatic hydroxyl groups excluding tert-OH is 2. The molecule has 1 saturated heterocycles. The van der Waals surface area contributed by atoms with Crippen LogP contribution in [0.4, 0.5) is 11.6 Å². The van der Waals surface area contributed by atoms with Gasteiger partial charge in [-0.3, -0.25) is 9.05 Å². The first-order valence-corrected chi connectivity index (χ1v) is 18.5. The number of hydrogen-bond donors (Lipinski definition) is 6. The van der Waals surface area contributed by atoms with Gasteiger partial charge in [-0.1, -0.05) is 12.2 Å². The van der Waals surface area contributed by atoms with E-state index in [1.807, 2.05) is 0 Å². The standard InChI is InChI=1S/C23H32N8O10P2S2/c1-36-16(9-38-42(34,44)37-2)18(23(33)31-6-4-13-20(25)27-11-29-22(13)31)41-43(35,45)39-8-15-14(32)7-17(40-15)30-5-3-12-19(24)26-10-28-21(12)30/h3-6,10-11,14-18,23,32-33H,7-9H2,1-2H3,(H,34,44)(H,35,45)(H2,24,26,28)(H2,25,27,29)/t14-,15+,16+,17+,18+,23+,42?,43?/m0/s1. The Balaban J connectivity index is 1.33. The summed E-state index contributed by atoms with van der Waals surface area (Å²) in [6, 6.07) is 3.30. The highest BCUT2D eigenvalue weighted by Crippen LogP contribution is 2.56. The zero-order valence-corrected chi connectivity index (χ0v) is 27.3. The van der Waals surface area contributed by atoms with Gasteiger partial charge in [-0.15, -0.1) is 0 Å². The number of nitrogen functional groups attached to an aromatic ring is 2. The summed E-state index contributed by atoms with van der Waals surface area (Å²) in [5, 5.41) is 23.2. The van der Waals surface area contributed by atoms with Gasteiger partial charge in [-0.05, 0) is 23.9 Å². The Kier molecular flexibility index (Phi) is 10.5. The summed E-state index contributed by atoms with van der Waals surface area (Å²) >= 11 is 9.01. The molecule has 0 amide bonds. The predicted molar refractivity (Wildman–Crippen MR) is 167 cm³/mol. The van der Waals surface area contributed by atoms with Crippen molar-refractivity contribution in [2.75, 3.05) is 38.9 Å². The highest BCUT2D eigenvalue weighted by Gasteiger charge is 2.41. The second-order valence-electron chi connectivity index (χ2n) is 9.84. The first kappa shape index (κ1) is 34.1. The number of nitrogens with zero attached hydrogens (tertiary/aromatic N) is 6. The molecule has 0 spiro atoms. The summed E-state index contributed by atoms with van der Waals surface area (Å²) in [4.78, 5) is 26.4. The number of aliphatic hydroxyl groups is 2. The molecule has 5 heterocycles. The molecule has 5 rings (SSSR count). The Hall–Kier alpha value is -2.29. The molecular weight excluding hydrogens is 674 g/mol.